The summed E-state index contributed by atoms with van der Waals surface area (Å²) in [6, 6.07) is 1.83. The van der Waals surface area contributed by atoms with Gasteiger partial charge in [-0.15, -0.1) is 12.8 Å². The summed E-state index contributed by atoms with van der Waals surface area (Å²) in [6.07, 6.45) is 3.46. The molecule has 1 aromatic heterocycles. The van der Waals surface area contributed by atoms with E-state index in [1.54, 1.807) is 12.4 Å². The summed E-state index contributed by atoms with van der Waals surface area (Å²) in [4.78, 5) is 0. The molecule has 0 saturated heterocycles. The van der Waals surface area contributed by atoms with Crippen LogP contribution in [0.15, 0.2) is 18.5 Å². The number of H-pyrrole nitrogens is 1. The van der Waals surface area contributed by atoms with Crippen molar-refractivity contribution in [3.05, 3.63) is 18.5 Å². The summed E-state index contributed by atoms with van der Waals surface area (Å²) >= 11 is 3.03. The van der Waals surface area contributed by atoms with Crippen LogP contribution < -0.4 is 5.14 Å². The van der Waals surface area contributed by atoms with E-state index in [0.29, 0.717) is 0 Å². The van der Waals surface area contributed by atoms with Crippen molar-refractivity contribution in [2.75, 3.05) is 0 Å². The molecule has 40 valence electrons. The molecule has 0 aliphatic heterocycles. The van der Waals surface area contributed by atoms with Gasteiger partial charge >= 0.3 is 0 Å². The minimum Gasteiger partial charge on any atom is -0.286 e. The van der Waals surface area contributed by atoms with E-state index in [4.69, 9.17) is 0 Å². The van der Waals surface area contributed by atoms with Gasteiger partial charge in [0.2, 0.25) is 0 Å². The highest BCUT2D eigenvalue weighted by Crippen LogP contribution is 1.64. The average molecular weight is 117 g/mol. The third-order valence-corrected chi connectivity index (χ3v) is 0.406. The van der Waals surface area contributed by atoms with Gasteiger partial charge < -0.3 is 0 Å². The Hall–Kier alpha value is -0.480. The average Bonchev–Trinajstić information content (AvgIpc) is 2.23. The fourth-order valence-corrected chi connectivity index (χ4v) is 0.215. The molecular formula is C3H7N3S. The highest BCUT2D eigenvalue weighted by molar-refractivity contribution is 7.77. The largest absolute Gasteiger partial charge is 0.286 e. The van der Waals surface area contributed by atoms with E-state index in [2.05, 4.69) is 28.2 Å². The molecule has 0 aromatic carbocycles. The summed E-state index contributed by atoms with van der Waals surface area (Å²) in [5, 5.41) is 10.4. The van der Waals surface area contributed by atoms with E-state index in [1.165, 1.54) is 0 Å². The van der Waals surface area contributed by atoms with E-state index < -0.39 is 0 Å². The van der Waals surface area contributed by atoms with Crippen LogP contribution in [-0.2, 0) is 0 Å². The molecule has 0 spiro atoms. The van der Waals surface area contributed by atoms with E-state index in [-0.39, 0.29) is 0 Å². The highest BCUT2D eigenvalue weighted by atomic mass is 32.1. The quantitative estimate of drug-likeness (QED) is 0.425. The molecule has 1 rings (SSSR count). The maximum atomic E-state index is 4.19. The summed E-state index contributed by atoms with van der Waals surface area (Å²) in [5.41, 5.74) is 0. The second kappa shape index (κ2) is 5.52. The van der Waals surface area contributed by atoms with Crippen LogP contribution >= 0.6 is 12.8 Å². The fourth-order valence-electron chi connectivity index (χ4n) is 0.215. The van der Waals surface area contributed by atoms with Crippen molar-refractivity contribution in [2.24, 2.45) is 5.14 Å². The first-order valence-electron chi connectivity index (χ1n) is 1.70. The molecule has 3 nitrogen and oxygen atoms in total. The first-order valence-corrected chi connectivity index (χ1v) is 2.21. The molecule has 0 aliphatic rings. The lowest BCUT2D eigenvalue weighted by molar-refractivity contribution is 1.09. The molecule has 1 aromatic rings. The van der Waals surface area contributed by atoms with Gasteiger partial charge in [0.15, 0.2) is 0 Å². The molecule has 0 atom stereocenters. The van der Waals surface area contributed by atoms with Gasteiger partial charge in [0.1, 0.15) is 0 Å². The van der Waals surface area contributed by atoms with Gasteiger partial charge in [-0.3, -0.25) is 10.2 Å². The summed E-state index contributed by atoms with van der Waals surface area (Å²) in [7, 11) is 0. The van der Waals surface area contributed by atoms with Crippen LogP contribution in [0, 0.1) is 0 Å². The first kappa shape index (κ1) is 6.52. The first-order chi connectivity index (χ1) is 3.50. The van der Waals surface area contributed by atoms with Crippen molar-refractivity contribution in [3.8, 4) is 0 Å². The zero-order valence-electron chi connectivity index (χ0n) is 3.70. The van der Waals surface area contributed by atoms with Crippen LogP contribution in [-0.4, -0.2) is 10.2 Å². The number of nitrogens with one attached hydrogen (secondary N) is 1. The predicted molar refractivity (Wildman–Crippen MR) is 31.8 cm³/mol. The van der Waals surface area contributed by atoms with Gasteiger partial charge in [0.25, 0.3) is 0 Å². The third kappa shape index (κ3) is 3.35. The smallest absolute Gasteiger partial charge is 0.0487 e. The molecule has 0 unspecified atom stereocenters. The van der Waals surface area contributed by atoms with Crippen LogP contribution in [0.5, 0.6) is 0 Å². The van der Waals surface area contributed by atoms with Gasteiger partial charge in [-0.25, -0.2) is 0 Å². The maximum absolute atomic E-state index is 4.19. The normalized spacial score (nSPS) is 6.57. The van der Waals surface area contributed by atoms with Crippen molar-refractivity contribution in [1.82, 2.24) is 10.2 Å². The standard InChI is InChI=1S/C3H4N2.H3NS/c1-2-4-5-3-1;1-2/h1-3H,(H,4,5);2H,1H2. The van der Waals surface area contributed by atoms with Crippen LogP contribution in [0.1, 0.15) is 0 Å². The number of aromatic amines is 1. The van der Waals surface area contributed by atoms with E-state index in [9.17, 15) is 0 Å². The minimum atomic E-state index is 1.69. The number of rotatable bonds is 0. The van der Waals surface area contributed by atoms with Gasteiger partial charge in [-0.2, -0.15) is 5.10 Å². The second-order valence-corrected chi connectivity index (χ2v) is 0.766. The van der Waals surface area contributed by atoms with Crippen molar-refractivity contribution in [1.29, 1.82) is 0 Å². The Kier molecular flexibility index (Phi) is 5.14. The van der Waals surface area contributed by atoms with Crippen LogP contribution in [0.3, 0.4) is 0 Å². The molecule has 0 fully saturated rings. The zero-order chi connectivity index (χ0) is 5.54. The molecule has 1 heterocycles. The number of nitrogens with two attached hydrogens (primary N) is 1. The number of hydrogen-bond donors (Lipinski definition) is 3. The summed E-state index contributed by atoms with van der Waals surface area (Å²) in [6.45, 7) is 0. The monoisotopic (exact) mass is 117 g/mol. The lowest BCUT2D eigenvalue weighted by atomic mass is 10.8. The van der Waals surface area contributed by atoms with Gasteiger partial charge in [0, 0.05) is 12.4 Å². The van der Waals surface area contributed by atoms with Crippen molar-refractivity contribution < 1.29 is 0 Å². The van der Waals surface area contributed by atoms with Gasteiger partial charge in [-0.1, -0.05) is 0 Å². The topological polar surface area (TPSA) is 54.7 Å². The van der Waals surface area contributed by atoms with Crippen molar-refractivity contribution in [3.63, 3.8) is 0 Å². The van der Waals surface area contributed by atoms with Crippen LogP contribution in [0.4, 0.5) is 0 Å². The molecule has 3 N–H and O–H groups in total. The second-order valence-electron chi connectivity index (χ2n) is 0.766. The van der Waals surface area contributed by atoms with Crippen LogP contribution in [0.2, 0.25) is 0 Å². The van der Waals surface area contributed by atoms with E-state index in [1.807, 2.05) is 6.07 Å². The Morgan fingerprint density at radius 1 is 1.57 bits per heavy atom. The van der Waals surface area contributed by atoms with Gasteiger partial charge in [-0.05, 0) is 6.07 Å². The molecule has 0 bridgehead atoms. The molecule has 4 heteroatoms. The van der Waals surface area contributed by atoms with E-state index >= 15 is 0 Å². The lowest BCUT2D eigenvalue weighted by Gasteiger charge is -1.49. The number of hydrogen-bond acceptors (Lipinski definition) is 3. The molecule has 0 saturated carbocycles. The van der Waals surface area contributed by atoms with Crippen molar-refractivity contribution >= 4 is 12.8 Å². The molecular weight excluding hydrogens is 110 g/mol. The number of aromatic nitrogens is 2. The number of nitrogens with zero attached hydrogens (tertiary/aromatic N) is 1. The molecule has 0 aliphatic carbocycles. The summed E-state index contributed by atoms with van der Waals surface area (Å²) in [5.74, 6) is 0. The maximum Gasteiger partial charge on any atom is 0.0487 e. The summed E-state index contributed by atoms with van der Waals surface area (Å²) < 4.78 is 0. The SMILES string of the molecule is NS.c1cn[nH]c1. The Labute approximate surface area is 47.5 Å². The molecule has 0 amide bonds. The Bertz CT molecular complexity index is 66.7. The minimum absolute atomic E-state index is 1.69. The molecule has 7 heavy (non-hydrogen) atoms. The lowest BCUT2D eigenvalue weighted by Crippen LogP contribution is -1.53. The third-order valence-electron chi connectivity index (χ3n) is 0.406. The zero-order valence-corrected chi connectivity index (χ0v) is 4.60. The number of thiol groups is 1. The predicted octanol–water partition coefficient (Wildman–Crippen LogP) is 0.200. The van der Waals surface area contributed by atoms with Crippen molar-refractivity contribution in [2.45, 2.75) is 0 Å². The molecule has 0 radical (unpaired) electrons. The van der Waals surface area contributed by atoms with Crippen LogP contribution in [0.25, 0.3) is 0 Å². The Balaban J connectivity index is 0.000000162. The Morgan fingerprint density at radius 3 is 2.43 bits per heavy atom. The van der Waals surface area contributed by atoms with Gasteiger partial charge in [0.05, 0.1) is 0 Å². The van der Waals surface area contributed by atoms with E-state index in [0.717, 1.165) is 0 Å². The Morgan fingerprint density at radius 2 is 2.29 bits per heavy atom. The fraction of sp³-hybridized carbons (Fsp3) is 0. The highest BCUT2D eigenvalue weighted by Gasteiger charge is 1.56.